The number of halogens is 3. The van der Waals surface area contributed by atoms with Crippen LogP contribution < -0.4 is 10.2 Å². The maximum Gasteiger partial charge on any atom is 0.416 e. The highest BCUT2D eigenvalue weighted by atomic mass is 19.4. The minimum Gasteiger partial charge on any atom is -0.355 e. The van der Waals surface area contributed by atoms with E-state index < -0.39 is 17.7 Å². The maximum absolute atomic E-state index is 13.0. The fourth-order valence-electron chi connectivity index (χ4n) is 3.66. The van der Waals surface area contributed by atoms with E-state index in [-0.39, 0.29) is 30.5 Å². The molecular formula is C23H21F3N4O2. The molecular weight excluding hydrogens is 421 g/mol. The number of carbonyl (C=O) groups excluding carboxylic acids is 2. The Morgan fingerprint density at radius 1 is 1.06 bits per heavy atom. The van der Waals surface area contributed by atoms with Crippen molar-refractivity contribution in [2.75, 3.05) is 18.0 Å². The third-order valence-corrected chi connectivity index (χ3v) is 5.33. The van der Waals surface area contributed by atoms with Crippen molar-refractivity contribution < 1.29 is 22.8 Å². The molecule has 32 heavy (non-hydrogen) atoms. The number of alkyl halides is 3. The third kappa shape index (κ3) is 4.82. The lowest BCUT2D eigenvalue weighted by molar-refractivity contribution is -0.137. The molecule has 0 bridgehead atoms. The van der Waals surface area contributed by atoms with Gasteiger partial charge in [-0.25, -0.2) is 4.68 Å². The zero-order chi connectivity index (χ0) is 22.7. The molecule has 2 heterocycles. The van der Waals surface area contributed by atoms with Crippen LogP contribution in [0.1, 0.15) is 17.7 Å². The molecule has 0 spiro atoms. The monoisotopic (exact) mass is 442 g/mol. The van der Waals surface area contributed by atoms with Crippen LogP contribution in [0.4, 0.5) is 18.9 Å². The smallest absolute Gasteiger partial charge is 0.355 e. The van der Waals surface area contributed by atoms with Gasteiger partial charge in [0.15, 0.2) is 0 Å². The third-order valence-electron chi connectivity index (χ3n) is 5.33. The molecule has 1 N–H and O–H groups in total. The van der Waals surface area contributed by atoms with Crippen LogP contribution in [0.5, 0.6) is 0 Å². The lowest BCUT2D eigenvalue weighted by atomic mass is 10.1. The molecule has 1 saturated heterocycles. The molecule has 1 aliphatic rings. The summed E-state index contributed by atoms with van der Waals surface area (Å²) in [6, 6.07) is 16.1. The second-order valence-electron chi connectivity index (χ2n) is 7.58. The average Bonchev–Trinajstić information content (AvgIpc) is 3.41. The summed E-state index contributed by atoms with van der Waals surface area (Å²) in [6.45, 7) is 0.396. The number of aromatic nitrogens is 2. The summed E-state index contributed by atoms with van der Waals surface area (Å²) in [6.07, 6.45) is -2.17. The van der Waals surface area contributed by atoms with Gasteiger partial charge in [0.2, 0.25) is 11.8 Å². The Bertz CT molecular complexity index is 1110. The molecule has 2 aromatic carbocycles. The van der Waals surface area contributed by atoms with Gasteiger partial charge >= 0.3 is 6.18 Å². The van der Waals surface area contributed by atoms with Crippen molar-refractivity contribution in [2.24, 2.45) is 5.92 Å². The summed E-state index contributed by atoms with van der Waals surface area (Å²) >= 11 is 0. The quantitative estimate of drug-likeness (QED) is 0.634. The van der Waals surface area contributed by atoms with Gasteiger partial charge in [0.1, 0.15) is 0 Å². The van der Waals surface area contributed by atoms with Crippen LogP contribution in [0.2, 0.25) is 0 Å². The standard InChI is InChI=1S/C23H21F3N4O2/c24-23(25,26)17-5-4-8-20(14-17)29-15-16(13-21(29)31)22(32)27-11-9-18-10-12-30(28-18)19-6-2-1-3-7-19/h1-8,10,12,14,16H,9,11,13,15H2,(H,27,32). The normalized spacial score (nSPS) is 16.4. The average molecular weight is 442 g/mol. The predicted molar refractivity (Wildman–Crippen MR) is 112 cm³/mol. The first-order chi connectivity index (χ1) is 15.3. The van der Waals surface area contributed by atoms with E-state index in [0.29, 0.717) is 13.0 Å². The lowest BCUT2D eigenvalue weighted by Gasteiger charge is -2.18. The molecule has 1 aliphatic heterocycles. The summed E-state index contributed by atoms with van der Waals surface area (Å²) < 4.78 is 40.6. The highest BCUT2D eigenvalue weighted by molar-refractivity contribution is 6.00. The van der Waals surface area contributed by atoms with Crippen LogP contribution in [0.25, 0.3) is 5.69 Å². The van der Waals surface area contributed by atoms with E-state index in [2.05, 4.69) is 10.4 Å². The van der Waals surface area contributed by atoms with Crippen molar-refractivity contribution in [1.29, 1.82) is 0 Å². The molecule has 1 aromatic heterocycles. The molecule has 0 saturated carbocycles. The summed E-state index contributed by atoms with van der Waals surface area (Å²) in [5.74, 6) is -1.28. The number of benzene rings is 2. The van der Waals surface area contributed by atoms with Gasteiger partial charge in [-0.1, -0.05) is 24.3 Å². The van der Waals surface area contributed by atoms with Gasteiger partial charge in [-0.3, -0.25) is 9.59 Å². The number of hydrogen-bond donors (Lipinski definition) is 1. The van der Waals surface area contributed by atoms with E-state index in [4.69, 9.17) is 0 Å². The first-order valence-electron chi connectivity index (χ1n) is 10.2. The Kier molecular flexibility index (Phi) is 5.98. The number of para-hydroxylation sites is 1. The molecule has 3 aromatic rings. The topological polar surface area (TPSA) is 67.2 Å². The van der Waals surface area contributed by atoms with Gasteiger partial charge in [0.05, 0.1) is 22.9 Å². The van der Waals surface area contributed by atoms with Gasteiger partial charge in [-0.05, 0) is 36.4 Å². The second kappa shape index (κ2) is 8.86. The van der Waals surface area contributed by atoms with Gasteiger partial charge < -0.3 is 10.2 Å². The molecule has 2 amide bonds. The Balaban J connectivity index is 1.31. The van der Waals surface area contributed by atoms with Gasteiger partial charge in [-0.15, -0.1) is 0 Å². The highest BCUT2D eigenvalue weighted by Gasteiger charge is 2.36. The first-order valence-corrected chi connectivity index (χ1v) is 10.2. The summed E-state index contributed by atoms with van der Waals surface area (Å²) in [7, 11) is 0. The Morgan fingerprint density at radius 3 is 2.56 bits per heavy atom. The second-order valence-corrected chi connectivity index (χ2v) is 7.58. The van der Waals surface area contributed by atoms with Crippen LogP contribution in [-0.4, -0.2) is 34.7 Å². The SMILES string of the molecule is O=C(NCCc1ccn(-c2ccccc2)n1)C1CC(=O)N(c2cccc(C(F)(F)F)c2)C1. The van der Waals surface area contributed by atoms with Crippen molar-refractivity contribution in [3.63, 3.8) is 0 Å². The molecule has 1 fully saturated rings. The predicted octanol–water partition coefficient (Wildman–Crippen LogP) is 3.60. The van der Waals surface area contributed by atoms with E-state index >= 15 is 0 Å². The van der Waals surface area contributed by atoms with E-state index in [1.807, 2.05) is 42.6 Å². The van der Waals surface area contributed by atoms with Crippen molar-refractivity contribution in [1.82, 2.24) is 15.1 Å². The van der Waals surface area contributed by atoms with Crippen LogP contribution >= 0.6 is 0 Å². The highest BCUT2D eigenvalue weighted by Crippen LogP contribution is 2.33. The van der Waals surface area contributed by atoms with Crippen LogP contribution in [0.3, 0.4) is 0 Å². The van der Waals surface area contributed by atoms with E-state index in [9.17, 15) is 22.8 Å². The molecule has 0 radical (unpaired) electrons. The molecule has 9 heteroatoms. The van der Waals surface area contributed by atoms with Crippen molar-refractivity contribution in [3.05, 3.63) is 78.1 Å². The number of amides is 2. The summed E-state index contributed by atoms with van der Waals surface area (Å²) in [5.41, 5.74) is 1.06. The number of nitrogens with zero attached hydrogens (tertiary/aromatic N) is 3. The number of carbonyl (C=O) groups is 2. The molecule has 166 valence electrons. The Labute approximate surface area is 182 Å². The van der Waals surface area contributed by atoms with Gasteiger partial charge in [0, 0.05) is 37.8 Å². The van der Waals surface area contributed by atoms with Crippen LogP contribution in [0, 0.1) is 5.92 Å². The fourth-order valence-corrected chi connectivity index (χ4v) is 3.66. The summed E-state index contributed by atoms with van der Waals surface area (Å²) in [4.78, 5) is 26.1. The molecule has 6 nitrogen and oxygen atoms in total. The number of hydrogen-bond acceptors (Lipinski definition) is 3. The molecule has 4 rings (SSSR count). The zero-order valence-corrected chi connectivity index (χ0v) is 17.0. The number of anilines is 1. The molecule has 1 atom stereocenters. The molecule has 1 unspecified atom stereocenters. The first kappa shape index (κ1) is 21.6. The largest absolute Gasteiger partial charge is 0.416 e. The zero-order valence-electron chi connectivity index (χ0n) is 17.0. The number of rotatable bonds is 6. The van der Waals surface area contributed by atoms with E-state index in [0.717, 1.165) is 23.5 Å². The summed E-state index contributed by atoms with van der Waals surface area (Å²) in [5, 5.41) is 7.28. The van der Waals surface area contributed by atoms with Gasteiger partial charge in [-0.2, -0.15) is 18.3 Å². The van der Waals surface area contributed by atoms with E-state index in [1.54, 1.807) is 4.68 Å². The van der Waals surface area contributed by atoms with Crippen molar-refractivity contribution in [2.45, 2.75) is 19.0 Å². The van der Waals surface area contributed by atoms with Crippen LogP contribution in [-0.2, 0) is 22.2 Å². The molecule has 0 aliphatic carbocycles. The van der Waals surface area contributed by atoms with Crippen LogP contribution in [0.15, 0.2) is 66.9 Å². The fraction of sp³-hybridized carbons (Fsp3) is 0.261. The van der Waals surface area contributed by atoms with Gasteiger partial charge in [0.25, 0.3) is 0 Å². The minimum absolute atomic E-state index is 0.0370. The maximum atomic E-state index is 13.0. The number of nitrogens with one attached hydrogen (secondary N) is 1. The minimum atomic E-state index is -4.50. The Morgan fingerprint density at radius 2 is 1.81 bits per heavy atom. The van der Waals surface area contributed by atoms with Crippen molar-refractivity contribution in [3.8, 4) is 5.69 Å². The van der Waals surface area contributed by atoms with E-state index in [1.165, 1.54) is 17.0 Å². The van der Waals surface area contributed by atoms with Crippen molar-refractivity contribution >= 4 is 17.5 Å². The Hall–Kier alpha value is -3.62. The lowest BCUT2D eigenvalue weighted by Crippen LogP contribution is -2.34.